The first kappa shape index (κ1) is 11.6. The lowest BCUT2D eigenvalue weighted by molar-refractivity contribution is 0.0952. The molecule has 0 heterocycles. The van der Waals surface area contributed by atoms with Crippen molar-refractivity contribution in [2.24, 2.45) is 5.92 Å². The number of nitrogen functional groups attached to an aromatic ring is 1. The Bertz CT molecular complexity index is 430. The lowest BCUT2D eigenvalue weighted by Crippen LogP contribution is -2.25. The van der Waals surface area contributed by atoms with Crippen molar-refractivity contribution < 1.29 is 4.79 Å². The molecule has 0 aromatic heterocycles. The topological polar surface area (TPSA) is 55.1 Å². The average molecular weight is 259 g/mol. The molecule has 3 nitrogen and oxygen atoms in total. The van der Waals surface area contributed by atoms with Crippen LogP contribution in [0.3, 0.4) is 0 Å². The first-order valence-corrected chi connectivity index (χ1v) is 5.86. The van der Waals surface area contributed by atoms with Crippen molar-refractivity contribution in [3.05, 3.63) is 27.7 Å². The minimum absolute atomic E-state index is 0.217. The molecular formula is C11H12Cl2N2O. The summed E-state index contributed by atoms with van der Waals surface area (Å²) >= 11 is 11.8. The van der Waals surface area contributed by atoms with Crippen LogP contribution in [0.2, 0.25) is 10.0 Å². The van der Waals surface area contributed by atoms with Crippen LogP contribution in [0.15, 0.2) is 12.1 Å². The Morgan fingerprint density at radius 3 is 2.75 bits per heavy atom. The number of anilines is 1. The van der Waals surface area contributed by atoms with Crippen LogP contribution < -0.4 is 11.1 Å². The SMILES string of the molecule is Nc1cc(Cl)c(Cl)c(C(=O)NCC2CC2)c1. The van der Waals surface area contributed by atoms with Gasteiger partial charge in [-0.25, -0.2) is 0 Å². The number of halogens is 2. The van der Waals surface area contributed by atoms with Gasteiger partial charge in [0.15, 0.2) is 0 Å². The molecule has 1 amide bonds. The van der Waals surface area contributed by atoms with Crippen LogP contribution in [0.25, 0.3) is 0 Å². The van der Waals surface area contributed by atoms with Gasteiger partial charge in [-0.15, -0.1) is 0 Å². The van der Waals surface area contributed by atoms with Crippen molar-refractivity contribution in [1.29, 1.82) is 0 Å². The third-order valence-corrected chi connectivity index (χ3v) is 3.35. The summed E-state index contributed by atoms with van der Waals surface area (Å²) in [5.41, 5.74) is 6.39. The average Bonchev–Trinajstić information content (AvgIpc) is 3.03. The molecule has 0 aliphatic heterocycles. The first-order chi connectivity index (χ1) is 7.58. The fourth-order valence-electron chi connectivity index (χ4n) is 1.43. The smallest absolute Gasteiger partial charge is 0.252 e. The Kier molecular flexibility index (Phi) is 3.26. The second-order valence-electron chi connectivity index (χ2n) is 4.02. The maximum atomic E-state index is 11.8. The van der Waals surface area contributed by atoms with Crippen molar-refractivity contribution in [3.8, 4) is 0 Å². The summed E-state index contributed by atoms with van der Waals surface area (Å²) < 4.78 is 0. The van der Waals surface area contributed by atoms with Gasteiger partial charge in [-0.05, 0) is 30.9 Å². The Balaban J connectivity index is 2.14. The molecule has 1 aromatic carbocycles. The van der Waals surface area contributed by atoms with Crippen LogP contribution in [-0.4, -0.2) is 12.5 Å². The number of rotatable bonds is 3. The molecule has 0 atom stereocenters. The van der Waals surface area contributed by atoms with E-state index in [0.717, 1.165) is 0 Å². The van der Waals surface area contributed by atoms with Crippen molar-refractivity contribution in [3.63, 3.8) is 0 Å². The van der Waals surface area contributed by atoms with E-state index in [9.17, 15) is 4.79 Å². The summed E-state index contributed by atoms with van der Waals surface area (Å²) in [7, 11) is 0. The summed E-state index contributed by atoms with van der Waals surface area (Å²) in [5, 5.41) is 3.38. The van der Waals surface area contributed by atoms with Gasteiger partial charge >= 0.3 is 0 Å². The molecule has 1 aliphatic rings. The molecule has 1 aromatic rings. The second kappa shape index (κ2) is 4.52. The maximum absolute atomic E-state index is 11.8. The Morgan fingerprint density at radius 2 is 2.12 bits per heavy atom. The van der Waals surface area contributed by atoms with Gasteiger partial charge in [-0.2, -0.15) is 0 Å². The number of hydrogen-bond donors (Lipinski definition) is 2. The van der Waals surface area contributed by atoms with Crippen LogP contribution in [0, 0.1) is 5.92 Å². The number of nitrogens with one attached hydrogen (secondary N) is 1. The van der Waals surface area contributed by atoms with Gasteiger partial charge in [0.25, 0.3) is 5.91 Å². The number of carbonyl (C=O) groups is 1. The zero-order valence-corrected chi connectivity index (χ0v) is 10.1. The van der Waals surface area contributed by atoms with E-state index in [1.54, 1.807) is 0 Å². The summed E-state index contributed by atoms with van der Waals surface area (Å²) in [6.45, 7) is 0.696. The van der Waals surface area contributed by atoms with E-state index in [2.05, 4.69) is 5.32 Å². The molecule has 86 valence electrons. The quantitative estimate of drug-likeness (QED) is 0.820. The monoisotopic (exact) mass is 258 g/mol. The second-order valence-corrected chi connectivity index (χ2v) is 4.80. The normalized spacial score (nSPS) is 14.9. The van der Waals surface area contributed by atoms with Gasteiger partial charge < -0.3 is 11.1 Å². The van der Waals surface area contributed by atoms with E-state index >= 15 is 0 Å². The minimum atomic E-state index is -0.217. The Labute approximate surface area is 104 Å². The first-order valence-electron chi connectivity index (χ1n) is 5.10. The van der Waals surface area contributed by atoms with Crippen LogP contribution in [0.1, 0.15) is 23.2 Å². The summed E-state index contributed by atoms with van der Waals surface area (Å²) in [6.07, 6.45) is 2.37. The van der Waals surface area contributed by atoms with Gasteiger partial charge in [0, 0.05) is 12.2 Å². The van der Waals surface area contributed by atoms with Gasteiger partial charge in [0.2, 0.25) is 0 Å². The van der Waals surface area contributed by atoms with Gasteiger partial charge in [-0.3, -0.25) is 4.79 Å². The minimum Gasteiger partial charge on any atom is -0.399 e. The molecule has 1 aliphatic carbocycles. The molecule has 0 bridgehead atoms. The third-order valence-electron chi connectivity index (χ3n) is 2.54. The fourth-order valence-corrected chi connectivity index (χ4v) is 1.85. The Hall–Kier alpha value is -0.930. The summed E-state index contributed by atoms with van der Waals surface area (Å²) in [5.74, 6) is 0.408. The molecule has 2 rings (SSSR count). The molecular weight excluding hydrogens is 247 g/mol. The third kappa shape index (κ3) is 2.60. The predicted molar refractivity (Wildman–Crippen MR) is 65.9 cm³/mol. The van der Waals surface area contributed by atoms with Crippen LogP contribution >= 0.6 is 23.2 Å². The van der Waals surface area contributed by atoms with Crippen molar-refractivity contribution in [2.45, 2.75) is 12.8 Å². The number of benzene rings is 1. The largest absolute Gasteiger partial charge is 0.399 e. The molecule has 3 N–H and O–H groups in total. The van der Waals surface area contributed by atoms with Crippen LogP contribution in [0.5, 0.6) is 0 Å². The number of carbonyl (C=O) groups excluding carboxylic acids is 1. The zero-order chi connectivity index (χ0) is 11.7. The highest BCUT2D eigenvalue weighted by Crippen LogP contribution is 2.30. The van der Waals surface area contributed by atoms with Crippen molar-refractivity contribution in [2.75, 3.05) is 12.3 Å². The van der Waals surface area contributed by atoms with Crippen molar-refractivity contribution in [1.82, 2.24) is 5.32 Å². The zero-order valence-electron chi connectivity index (χ0n) is 8.59. The molecule has 0 unspecified atom stereocenters. The van der Waals surface area contributed by atoms with E-state index in [1.165, 1.54) is 25.0 Å². The number of nitrogens with two attached hydrogens (primary N) is 1. The molecule has 16 heavy (non-hydrogen) atoms. The van der Waals surface area contributed by atoms with Gasteiger partial charge in [-0.1, -0.05) is 23.2 Å². The predicted octanol–water partition coefficient (Wildman–Crippen LogP) is 2.72. The fraction of sp³-hybridized carbons (Fsp3) is 0.364. The highest BCUT2D eigenvalue weighted by molar-refractivity contribution is 6.44. The highest BCUT2D eigenvalue weighted by Gasteiger charge is 2.22. The van der Waals surface area contributed by atoms with E-state index < -0.39 is 0 Å². The van der Waals surface area contributed by atoms with E-state index in [4.69, 9.17) is 28.9 Å². The molecule has 1 fully saturated rings. The van der Waals surface area contributed by atoms with Crippen LogP contribution in [0.4, 0.5) is 5.69 Å². The Morgan fingerprint density at radius 1 is 1.44 bits per heavy atom. The summed E-state index contributed by atoms with van der Waals surface area (Å²) in [4.78, 5) is 11.8. The maximum Gasteiger partial charge on any atom is 0.252 e. The standard InChI is InChI=1S/C11H12Cl2N2O/c12-9-4-7(14)3-8(10(9)13)11(16)15-5-6-1-2-6/h3-4,6H,1-2,5,14H2,(H,15,16). The molecule has 0 spiro atoms. The molecule has 0 saturated heterocycles. The highest BCUT2D eigenvalue weighted by atomic mass is 35.5. The van der Waals surface area contributed by atoms with E-state index in [-0.39, 0.29) is 10.9 Å². The summed E-state index contributed by atoms with van der Waals surface area (Å²) in [6, 6.07) is 3.07. The molecule has 0 radical (unpaired) electrons. The van der Waals surface area contributed by atoms with Gasteiger partial charge in [0.05, 0.1) is 15.6 Å². The molecule has 5 heteroatoms. The van der Waals surface area contributed by atoms with E-state index in [0.29, 0.717) is 28.7 Å². The lowest BCUT2D eigenvalue weighted by Gasteiger charge is -2.08. The van der Waals surface area contributed by atoms with Gasteiger partial charge in [0.1, 0.15) is 0 Å². The van der Waals surface area contributed by atoms with Crippen molar-refractivity contribution >= 4 is 34.8 Å². The molecule has 1 saturated carbocycles. The van der Waals surface area contributed by atoms with E-state index in [1.807, 2.05) is 0 Å². The number of hydrogen-bond acceptors (Lipinski definition) is 2. The van der Waals surface area contributed by atoms with Crippen LogP contribution in [-0.2, 0) is 0 Å². The number of amides is 1. The lowest BCUT2D eigenvalue weighted by atomic mass is 10.2.